The van der Waals surface area contributed by atoms with Crippen molar-refractivity contribution in [2.45, 2.75) is 50.5 Å². The van der Waals surface area contributed by atoms with E-state index in [4.69, 9.17) is 0 Å². The van der Waals surface area contributed by atoms with Crippen LogP contribution < -0.4 is 16.3 Å². The van der Waals surface area contributed by atoms with E-state index in [9.17, 15) is 14.4 Å². The van der Waals surface area contributed by atoms with Gasteiger partial charge in [0.25, 0.3) is 0 Å². The Hall–Kier alpha value is -2.45. The summed E-state index contributed by atoms with van der Waals surface area (Å²) in [6.07, 6.45) is 5.31. The van der Waals surface area contributed by atoms with E-state index in [1.807, 2.05) is 13.1 Å². The van der Waals surface area contributed by atoms with Crippen LogP contribution >= 0.6 is 0 Å². The average Bonchev–Trinajstić information content (AvgIpc) is 3.02. The third-order valence-electron chi connectivity index (χ3n) is 6.85. The van der Waals surface area contributed by atoms with Gasteiger partial charge in [-0.15, -0.1) is 0 Å². The number of benzene rings is 1. The SMILES string of the molecule is CNCCCCN1CCC(c2ccc3c(c2)n(C)c(=O)n3C2CCC(=O)NC2=O)CC1. The van der Waals surface area contributed by atoms with Crippen LogP contribution in [0.25, 0.3) is 11.0 Å². The smallest absolute Gasteiger partial charge is 0.320 e. The molecule has 1 atom stereocenters. The summed E-state index contributed by atoms with van der Waals surface area (Å²) in [5.41, 5.74) is 2.66. The van der Waals surface area contributed by atoms with Crippen LogP contribution in [0.2, 0.25) is 0 Å². The predicted octanol–water partition coefficient (Wildman–Crippen LogP) is 1.50. The fraction of sp³-hybridized carbons (Fsp3) is 0.609. The third kappa shape index (κ3) is 4.45. The van der Waals surface area contributed by atoms with Crippen LogP contribution in [0, 0.1) is 0 Å². The summed E-state index contributed by atoms with van der Waals surface area (Å²) in [7, 11) is 3.75. The Bertz CT molecular complexity index is 1020. The van der Waals surface area contributed by atoms with E-state index in [2.05, 4.69) is 27.7 Å². The van der Waals surface area contributed by atoms with E-state index in [-0.39, 0.29) is 18.0 Å². The van der Waals surface area contributed by atoms with Gasteiger partial charge >= 0.3 is 5.69 Å². The van der Waals surface area contributed by atoms with Gasteiger partial charge < -0.3 is 10.2 Å². The van der Waals surface area contributed by atoms with Crippen LogP contribution in [-0.2, 0) is 16.6 Å². The van der Waals surface area contributed by atoms with Crippen LogP contribution in [0.4, 0.5) is 0 Å². The van der Waals surface area contributed by atoms with Crippen molar-refractivity contribution in [2.24, 2.45) is 7.05 Å². The first kappa shape index (κ1) is 21.8. The first-order valence-corrected chi connectivity index (χ1v) is 11.4. The number of hydrogen-bond donors (Lipinski definition) is 2. The summed E-state index contributed by atoms with van der Waals surface area (Å²) in [4.78, 5) is 39.4. The topological polar surface area (TPSA) is 88.4 Å². The van der Waals surface area contributed by atoms with E-state index in [0.29, 0.717) is 12.3 Å². The van der Waals surface area contributed by atoms with Gasteiger partial charge in [0.05, 0.1) is 11.0 Å². The van der Waals surface area contributed by atoms with E-state index < -0.39 is 11.9 Å². The molecule has 168 valence electrons. The maximum absolute atomic E-state index is 12.9. The Morgan fingerprint density at radius 3 is 2.55 bits per heavy atom. The molecule has 0 aliphatic carbocycles. The fourth-order valence-electron chi connectivity index (χ4n) is 4.99. The second kappa shape index (κ2) is 9.36. The van der Waals surface area contributed by atoms with Gasteiger partial charge in [-0.3, -0.25) is 24.0 Å². The maximum Gasteiger partial charge on any atom is 0.329 e. The Kier molecular flexibility index (Phi) is 6.57. The number of fused-ring (bicyclic) bond motifs is 1. The van der Waals surface area contributed by atoms with Crippen molar-refractivity contribution in [3.05, 3.63) is 34.2 Å². The molecule has 2 aliphatic rings. The Morgan fingerprint density at radius 1 is 1.06 bits per heavy atom. The van der Waals surface area contributed by atoms with Crippen molar-refractivity contribution < 1.29 is 9.59 Å². The highest BCUT2D eigenvalue weighted by molar-refractivity contribution is 6.00. The van der Waals surface area contributed by atoms with Crippen molar-refractivity contribution in [1.82, 2.24) is 24.7 Å². The van der Waals surface area contributed by atoms with Crippen molar-refractivity contribution in [3.8, 4) is 0 Å². The Balaban J connectivity index is 1.49. The molecule has 2 amide bonds. The minimum Gasteiger partial charge on any atom is -0.320 e. The lowest BCUT2D eigenvalue weighted by molar-refractivity contribution is -0.135. The monoisotopic (exact) mass is 427 g/mol. The molecule has 1 aromatic carbocycles. The first-order chi connectivity index (χ1) is 15.0. The number of unbranched alkanes of at least 4 members (excludes halogenated alkanes) is 1. The molecule has 2 N–H and O–H groups in total. The molecule has 31 heavy (non-hydrogen) atoms. The molecule has 8 nitrogen and oxygen atoms in total. The molecular formula is C23H33N5O3. The Morgan fingerprint density at radius 2 is 1.84 bits per heavy atom. The average molecular weight is 428 g/mol. The normalized spacial score (nSPS) is 21.0. The highest BCUT2D eigenvalue weighted by Gasteiger charge is 2.31. The predicted molar refractivity (Wildman–Crippen MR) is 120 cm³/mol. The van der Waals surface area contributed by atoms with Crippen molar-refractivity contribution in [1.29, 1.82) is 0 Å². The molecule has 2 aliphatic heterocycles. The van der Waals surface area contributed by atoms with E-state index in [0.717, 1.165) is 50.1 Å². The molecule has 3 heterocycles. The number of likely N-dealkylation sites (tertiary alicyclic amines) is 1. The minimum absolute atomic E-state index is 0.210. The zero-order chi connectivity index (χ0) is 22.0. The summed E-state index contributed by atoms with van der Waals surface area (Å²) in [5, 5.41) is 5.57. The summed E-state index contributed by atoms with van der Waals surface area (Å²) >= 11 is 0. The number of imidazole rings is 1. The lowest BCUT2D eigenvalue weighted by atomic mass is 9.89. The number of rotatable bonds is 7. The number of nitrogens with zero attached hydrogens (tertiary/aromatic N) is 3. The zero-order valence-electron chi connectivity index (χ0n) is 18.5. The van der Waals surface area contributed by atoms with Crippen molar-refractivity contribution >= 4 is 22.8 Å². The second-order valence-corrected chi connectivity index (χ2v) is 8.85. The number of hydrogen-bond acceptors (Lipinski definition) is 5. The molecule has 2 saturated heterocycles. The molecule has 1 aromatic heterocycles. The van der Waals surface area contributed by atoms with E-state index in [1.54, 1.807) is 16.2 Å². The largest absolute Gasteiger partial charge is 0.329 e. The lowest BCUT2D eigenvalue weighted by Crippen LogP contribution is -2.44. The van der Waals surface area contributed by atoms with Crippen LogP contribution in [0.1, 0.15) is 56.0 Å². The van der Waals surface area contributed by atoms with Gasteiger partial charge in [0, 0.05) is 13.5 Å². The molecule has 8 heteroatoms. The number of piperidine rings is 2. The molecule has 0 bridgehead atoms. The highest BCUT2D eigenvalue weighted by Crippen LogP contribution is 2.31. The number of carbonyl (C=O) groups is 2. The van der Waals surface area contributed by atoms with Crippen LogP contribution in [0.3, 0.4) is 0 Å². The van der Waals surface area contributed by atoms with E-state index in [1.165, 1.54) is 18.4 Å². The van der Waals surface area contributed by atoms with Crippen molar-refractivity contribution in [3.63, 3.8) is 0 Å². The third-order valence-corrected chi connectivity index (χ3v) is 6.85. The first-order valence-electron chi connectivity index (χ1n) is 11.4. The summed E-state index contributed by atoms with van der Waals surface area (Å²) in [5.74, 6) is -0.172. The maximum atomic E-state index is 12.9. The van der Waals surface area contributed by atoms with E-state index >= 15 is 0 Å². The quantitative estimate of drug-likeness (QED) is 0.516. The summed E-state index contributed by atoms with van der Waals surface area (Å²) < 4.78 is 3.17. The van der Waals surface area contributed by atoms with Crippen LogP contribution in [0.15, 0.2) is 23.0 Å². The van der Waals surface area contributed by atoms with Crippen LogP contribution in [-0.4, -0.2) is 59.1 Å². The van der Waals surface area contributed by atoms with Gasteiger partial charge in [0.15, 0.2) is 0 Å². The molecule has 0 radical (unpaired) electrons. The highest BCUT2D eigenvalue weighted by atomic mass is 16.2. The zero-order valence-corrected chi connectivity index (χ0v) is 18.5. The molecule has 0 saturated carbocycles. The second-order valence-electron chi connectivity index (χ2n) is 8.85. The van der Waals surface area contributed by atoms with Gasteiger partial charge in [-0.1, -0.05) is 6.07 Å². The number of imide groups is 1. The fourth-order valence-corrected chi connectivity index (χ4v) is 4.99. The standard InChI is InChI=1S/C23H33N5O3/c1-24-11-3-4-12-27-13-9-16(10-14-27)17-5-6-18-20(15-17)26(2)23(31)28(18)19-7-8-21(29)25-22(19)30/h5-6,15-16,19,24H,3-4,7-14H2,1-2H3,(H,25,29,30). The lowest BCUT2D eigenvalue weighted by Gasteiger charge is -2.32. The van der Waals surface area contributed by atoms with Gasteiger partial charge in [0.2, 0.25) is 11.8 Å². The summed E-state index contributed by atoms with van der Waals surface area (Å²) in [6, 6.07) is 5.56. The van der Waals surface area contributed by atoms with Gasteiger partial charge in [-0.05, 0) is 88.9 Å². The Labute approximate surface area is 182 Å². The van der Waals surface area contributed by atoms with Crippen LogP contribution in [0.5, 0.6) is 0 Å². The minimum atomic E-state index is -0.633. The number of amides is 2. The summed E-state index contributed by atoms with van der Waals surface area (Å²) in [6.45, 7) is 4.46. The van der Waals surface area contributed by atoms with Crippen molar-refractivity contribution in [2.75, 3.05) is 33.2 Å². The molecule has 2 fully saturated rings. The number of aryl methyl sites for hydroxylation is 1. The number of nitrogens with one attached hydrogen (secondary N) is 2. The molecule has 4 rings (SSSR count). The molecule has 0 spiro atoms. The molecular weight excluding hydrogens is 394 g/mol. The number of carbonyl (C=O) groups excluding carboxylic acids is 2. The van der Waals surface area contributed by atoms with Gasteiger partial charge in [-0.2, -0.15) is 0 Å². The van der Waals surface area contributed by atoms with Gasteiger partial charge in [-0.25, -0.2) is 4.79 Å². The number of aromatic nitrogens is 2. The molecule has 1 unspecified atom stereocenters. The molecule has 2 aromatic rings. The van der Waals surface area contributed by atoms with Gasteiger partial charge in [0.1, 0.15) is 6.04 Å².